The normalized spacial score (nSPS) is 19.3. The predicted octanol–water partition coefficient (Wildman–Crippen LogP) is 3.85. The van der Waals surface area contributed by atoms with Gasteiger partial charge in [-0.2, -0.15) is 0 Å². The second-order valence-corrected chi connectivity index (χ2v) is 7.05. The van der Waals surface area contributed by atoms with Crippen LogP contribution in [0.25, 0.3) is 11.5 Å². The fourth-order valence-corrected chi connectivity index (χ4v) is 3.41. The Morgan fingerprint density at radius 3 is 2.61 bits per heavy atom. The lowest BCUT2D eigenvalue weighted by Crippen LogP contribution is -2.40. The highest BCUT2D eigenvalue weighted by atomic mass is 16.5. The first-order valence-electron chi connectivity index (χ1n) is 9.24. The Labute approximate surface area is 162 Å². The number of amides is 3. The average Bonchev–Trinajstić information content (AvgIpc) is 3.41. The summed E-state index contributed by atoms with van der Waals surface area (Å²) in [5.74, 6) is 0.664. The van der Waals surface area contributed by atoms with E-state index in [1.165, 1.54) is 11.8 Å². The molecular weight excluding hydrogens is 358 g/mol. The minimum absolute atomic E-state index is 0.0262. The van der Waals surface area contributed by atoms with Crippen LogP contribution in [-0.2, 0) is 23.3 Å². The maximum Gasteiger partial charge on any atom is 0.325 e. The van der Waals surface area contributed by atoms with Crippen LogP contribution in [0.3, 0.4) is 0 Å². The maximum absolute atomic E-state index is 13.1. The first kappa shape index (κ1) is 18.0. The number of carbonyl (C=O) groups is 2. The van der Waals surface area contributed by atoms with Crippen molar-refractivity contribution in [2.24, 2.45) is 0 Å². The number of nitrogens with one attached hydrogen (secondary N) is 1. The van der Waals surface area contributed by atoms with Gasteiger partial charge in [0.15, 0.2) is 5.76 Å². The molecule has 3 heterocycles. The van der Waals surface area contributed by atoms with Crippen LogP contribution < -0.4 is 5.32 Å². The van der Waals surface area contributed by atoms with Crippen LogP contribution in [0.15, 0.2) is 57.7 Å². The molecular formula is C21H21N3O4. The molecule has 28 heavy (non-hydrogen) atoms. The summed E-state index contributed by atoms with van der Waals surface area (Å²) in [5.41, 5.74) is 1.33. The van der Waals surface area contributed by atoms with Gasteiger partial charge in [-0.1, -0.05) is 42.8 Å². The summed E-state index contributed by atoms with van der Waals surface area (Å²) in [6, 6.07) is 12.5. The van der Waals surface area contributed by atoms with Gasteiger partial charge >= 0.3 is 6.03 Å². The van der Waals surface area contributed by atoms with Gasteiger partial charge in [0.2, 0.25) is 5.76 Å². The van der Waals surface area contributed by atoms with E-state index in [-0.39, 0.29) is 12.5 Å². The molecule has 0 radical (unpaired) electrons. The van der Waals surface area contributed by atoms with Gasteiger partial charge in [-0.25, -0.2) is 4.79 Å². The maximum atomic E-state index is 13.1. The second-order valence-electron chi connectivity index (χ2n) is 7.05. The van der Waals surface area contributed by atoms with Gasteiger partial charge < -0.3 is 14.3 Å². The van der Waals surface area contributed by atoms with E-state index in [9.17, 15) is 9.59 Å². The third-order valence-electron chi connectivity index (χ3n) is 4.99. The van der Waals surface area contributed by atoms with E-state index in [0.717, 1.165) is 23.3 Å². The quantitative estimate of drug-likeness (QED) is 0.657. The van der Waals surface area contributed by atoms with Crippen molar-refractivity contribution in [3.63, 3.8) is 0 Å². The predicted molar refractivity (Wildman–Crippen MR) is 101 cm³/mol. The summed E-state index contributed by atoms with van der Waals surface area (Å²) in [5, 5.41) is 6.76. The standard InChI is InChI=1S/C21H21N3O4/c1-3-5-14-7-9-15(10-8-14)21(2)19(25)24(20(26)22-21)13-16-12-18(28-23-16)17-6-4-11-27-17/h4,6-12H,3,5,13H2,1-2H3,(H,22,26). The van der Waals surface area contributed by atoms with Gasteiger partial charge in [-0.05, 0) is 36.6 Å². The molecule has 1 unspecified atom stereocenters. The highest BCUT2D eigenvalue weighted by Gasteiger charge is 2.49. The average molecular weight is 379 g/mol. The lowest BCUT2D eigenvalue weighted by molar-refractivity contribution is -0.131. The highest BCUT2D eigenvalue weighted by molar-refractivity contribution is 6.07. The number of carbonyl (C=O) groups excluding carboxylic acids is 2. The molecule has 0 saturated carbocycles. The van der Waals surface area contributed by atoms with Crippen LogP contribution in [0.1, 0.15) is 37.1 Å². The molecule has 1 aliphatic heterocycles. The minimum Gasteiger partial charge on any atom is -0.461 e. The number of hydrogen-bond donors (Lipinski definition) is 1. The fourth-order valence-electron chi connectivity index (χ4n) is 3.41. The van der Waals surface area contributed by atoms with E-state index in [1.54, 1.807) is 25.1 Å². The van der Waals surface area contributed by atoms with Gasteiger partial charge in [-0.15, -0.1) is 0 Å². The largest absolute Gasteiger partial charge is 0.461 e. The van der Waals surface area contributed by atoms with E-state index in [0.29, 0.717) is 17.2 Å². The molecule has 1 atom stereocenters. The number of benzene rings is 1. The van der Waals surface area contributed by atoms with Crippen LogP contribution in [0.2, 0.25) is 0 Å². The number of hydrogen-bond acceptors (Lipinski definition) is 5. The van der Waals surface area contributed by atoms with Gasteiger partial charge in [0.1, 0.15) is 11.2 Å². The van der Waals surface area contributed by atoms with Crippen LogP contribution in [0.4, 0.5) is 4.79 Å². The molecule has 7 heteroatoms. The summed E-state index contributed by atoms with van der Waals surface area (Å²) in [4.78, 5) is 26.7. The van der Waals surface area contributed by atoms with Crippen LogP contribution in [0.5, 0.6) is 0 Å². The molecule has 3 aromatic rings. The van der Waals surface area contributed by atoms with Crippen molar-refractivity contribution >= 4 is 11.9 Å². The molecule has 2 aromatic heterocycles. The first-order chi connectivity index (χ1) is 13.5. The molecule has 1 N–H and O–H groups in total. The Morgan fingerprint density at radius 2 is 1.93 bits per heavy atom. The SMILES string of the molecule is CCCc1ccc(C2(C)NC(=O)N(Cc3cc(-c4ccco4)on3)C2=O)cc1. The van der Waals surface area contributed by atoms with Gasteiger partial charge in [-0.3, -0.25) is 9.69 Å². The molecule has 0 bridgehead atoms. The van der Waals surface area contributed by atoms with Crippen LogP contribution in [0, 0.1) is 0 Å². The summed E-state index contributed by atoms with van der Waals surface area (Å²) >= 11 is 0. The molecule has 1 fully saturated rings. The number of aryl methyl sites for hydroxylation is 1. The fraction of sp³-hybridized carbons (Fsp3) is 0.286. The highest BCUT2D eigenvalue weighted by Crippen LogP contribution is 2.30. The molecule has 144 valence electrons. The Morgan fingerprint density at radius 1 is 1.14 bits per heavy atom. The zero-order valence-electron chi connectivity index (χ0n) is 15.8. The van der Waals surface area contributed by atoms with Crippen molar-refractivity contribution in [2.45, 2.75) is 38.8 Å². The van der Waals surface area contributed by atoms with Crippen LogP contribution >= 0.6 is 0 Å². The van der Waals surface area contributed by atoms with E-state index in [1.807, 2.05) is 24.3 Å². The third-order valence-corrected chi connectivity index (χ3v) is 4.99. The van der Waals surface area contributed by atoms with Crippen molar-refractivity contribution in [1.29, 1.82) is 0 Å². The number of nitrogens with zero attached hydrogens (tertiary/aromatic N) is 2. The third kappa shape index (κ3) is 3.09. The summed E-state index contributed by atoms with van der Waals surface area (Å²) in [7, 11) is 0. The van der Waals surface area contributed by atoms with Crippen LogP contribution in [-0.4, -0.2) is 22.0 Å². The topological polar surface area (TPSA) is 88.6 Å². The number of rotatable bonds is 6. The Kier molecular flexibility index (Phi) is 4.50. The van der Waals surface area contributed by atoms with Gasteiger partial charge in [0.25, 0.3) is 5.91 Å². The molecule has 1 aromatic carbocycles. The first-order valence-corrected chi connectivity index (χ1v) is 9.24. The van der Waals surface area contributed by atoms with E-state index < -0.39 is 11.6 Å². The zero-order chi connectivity index (χ0) is 19.7. The Bertz CT molecular complexity index is 991. The number of furan rings is 1. The number of imide groups is 1. The monoisotopic (exact) mass is 379 g/mol. The number of urea groups is 1. The van der Waals surface area contributed by atoms with Gasteiger partial charge in [0, 0.05) is 6.07 Å². The zero-order valence-corrected chi connectivity index (χ0v) is 15.8. The van der Waals surface area contributed by atoms with E-state index >= 15 is 0 Å². The summed E-state index contributed by atoms with van der Waals surface area (Å²) in [6.45, 7) is 3.87. The van der Waals surface area contributed by atoms with E-state index in [4.69, 9.17) is 8.94 Å². The Balaban J connectivity index is 1.53. The van der Waals surface area contributed by atoms with Crippen molar-refractivity contribution in [3.05, 3.63) is 65.5 Å². The molecule has 0 spiro atoms. The minimum atomic E-state index is -1.10. The van der Waals surface area contributed by atoms with E-state index in [2.05, 4.69) is 17.4 Å². The molecule has 7 nitrogen and oxygen atoms in total. The van der Waals surface area contributed by atoms with Crippen molar-refractivity contribution in [1.82, 2.24) is 15.4 Å². The summed E-state index contributed by atoms with van der Waals surface area (Å²) < 4.78 is 10.5. The van der Waals surface area contributed by atoms with Gasteiger partial charge in [0.05, 0.1) is 12.8 Å². The van der Waals surface area contributed by atoms with Crippen molar-refractivity contribution in [2.75, 3.05) is 0 Å². The van der Waals surface area contributed by atoms with Crippen molar-refractivity contribution < 1.29 is 18.5 Å². The lowest BCUT2D eigenvalue weighted by Gasteiger charge is -2.22. The molecule has 4 rings (SSSR count). The number of aromatic nitrogens is 1. The summed E-state index contributed by atoms with van der Waals surface area (Å²) in [6.07, 6.45) is 3.57. The Hall–Kier alpha value is -3.35. The smallest absolute Gasteiger partial charge is 0.325 e. The molecule has 3 amide bonds. The molecule has 1 saturated heterocycles. The second kappa shape index (κ2) is 6.99. The molecule has 1 aliphatic rings. The lowest BCUT2D eigenvalue weighted by atomic mass is 9.91. The molecule has 0 aliphatic carbocycles. The van der Waals surface area contributed by atoms with Crippen molar-refractivity contribution in [3.8, 4) is 11.5 Å².